The van der Waals surface area contributed by atoms with Crippen LogP contribution in [0.25, 0.3) is 22.3 Å². The minimum atomic E-state index is -5.03. The van der Waals surface area contributed by atoms with Crippen LogP contribution in [0, 0.1) is 0 Å². The molecule has 0 saturated carbocycles. The molecule has 3 fully saturated rings. The molecule has 0 amide bonds. The average Bonchev–Trinajstić information content (AvgIpc) is 3.76. The zero-order valence-electron chi connectivity index (χ0n) is 23.4. The van der Waals surface area contributed by atoms with Gasteiger partial charge in [0.05, 0.1) is 25.9 Å². The average molecular weight is 688 g/mol. The van der Waals surface area contributed by atoms with Crippen molar-refractivity contribution in [1.82, 2.24) is 39.0 Å². The molecule has 0 bridgehead atoms. The molecule has 248 valence electrons. The van der Waals surface area contributed by atoms with E-state index in [0.717, 1.165) is 18.0 Å². The van der Waals surface area contributed by atoms with Gasteiger partial charge in [0.1, 0.15) is 48.5 Å². The SMILES string of the molecule is COP1(=O)OCC2O[C@@H](n3cnc4c(=O)[nH]c(N)nc43)[C@H](O)[C@@H]2OP(=O)(O)OC[C@H]2O[C@@H](n3cnc4c(N)ncnc43)[C@H](O)[C@@H]2O1. The second-order valence-electron chi connectivity index (χ2n) is 10.3. The molecule has 3 unspecified atom stereocenters. The van der Waals surface area contributed by atoms with Crippen LogP contribution in [0.2, 0.25) is 0 Å². The molecule has 7 heterocycles. The number of H-pyrrole nitrogens is 1. The fraction of sp³-hybridized carbons (Fsp3) is 0.524. The number of anilines is 2. The van der Waals surface area contributed by atoms with E-state index in [9.17, 15) is 29.0 Å². The Morgan fingerprint density at radius 1 is 0.913 bits per heavy atom. The second kappa shape index (κ2) is 11.4. The summed E-state index contributed by atoms with van der Waals surface area (Å²) in [5.41, 5.74) is 11.0. The van der Waals surface area contributed by atoms with Gasteiger partial charge in [0, 0.05) is 7.11 Å². The van der Waals surface area contributed by atoms with Crippen molar-refractivity contribution in [2.24, 2.45) is 0 Å². The molecule has 25 heteroatoms. The molecule has 0 radical (unpaired) electrons. The van der Waals surface area contributed by atoms with E-state index in [2.05, 4.69) is 29.9 Å². The Kier molecular flexibility index (Phi) is 7.70. The summed E-state index contributed by atoms with van der Waals surface area (Å²) in [6, 6.07) is 0. The first-order chi connectivity index (χ1) is 21.9. The maximum atomic E-state index is 13.7. The monoisotopic (exact) mass is 688 g/mol. The molecule has 8 N–H and O–H groups in total. The van der Waals surface area contributed by atoms with Crippen LogP contribution >= 0.6 is 15.6 Å². The van der Waals surface area contributed by atoms with Gasteiger partial charge in [-0.25, -0.2) is 29.1 Å². The molecule has 3 saturated heterocycles. The van der Waals surface area contributed by atoms with Gasteiger partial charge in [0.15, 0.2) is 35.1 Å². The van der Waals surface area contributed by atoms with Gasteiger partial charge in [-0.1, -0.05) is 0 Å². The number of ether oxygens (including phenoxy) is 2. The number of phosphoric acid groups is 2. The summed E-state index contributed by atoms with van der Waals surface area (Å²) in [5.74, 6) is -0.189. The van der Waals surface area contributed by atoms with Crippen LogP contribution in [-0.4, -0.2) is 111 Å². The molecule has 0 aromatic carbocycles. The number of hydrogen-bond donors (Lipinski definition) is 6. The molecule has 10 atom stereocenters. The molecule has 4 aromatic heterocycles. The smallest absolute Gasteiger partial charge is 0.386 e. The fourth-order valence-electron chi connectivity index (χ4n) is 5.40. The van der Waals surface area contributed by atoms with E-state index < -0.39 is 83.5 Å². The minimum Gasteiger partial charge on any atom is -0.386 e. The number of nitrogens with zero attached hydrogens (tertiary/aromatic N) is 7. The molecule has 3 aliphatic rings. The third-order valence-corrected chi connectivity index (χ3v) is 9.93. The van der Waals surface area contributed by atoms with Gasteiger partial charge in [-0.15, -0.1) is 0 Å². The number of aromatic amines is 1. The number of imidazole rings is 2. The predicted molar refractivity (Wildman–Crippen MR) is 148 cm³/mol. The number of fused-ring (bicyclic) bond motifs is 4. The third kappa shape index (κ3) is 5.29. The Hall–Kier alpha value is -3.44. The predicted octanol–water partition coefficient (Wildman–Crippen LogP) is -1.69. The van der Waals surface area contributed by atoms with Gasteiger partial charge >= 0.3 is 15.6 Å². The summed E-state index contributed by atoms with van der Waals surface area (Å²) < 4.78 is 67.8. The first kappa shape index (κ1) is 31.2. The quantitative estimate of drug-likeness (QED) is 0.131. The number of nitrogens with two attached hydrogens (primary N) is 2. The zero-order valence-corrected chi connectivity index (χ0v) is 25.2. The maximum absolute atomic E-state index is 13.7. The van der Waals surface area contributed by atoms with Crippen molar-refractivity contribution in [3.63, 3.8) is 0 Å². The third-order valence-electron chi connectivity index (χ3n) is 7.53. The summed E-state index contributed by atoms with van der Waals surface area (Å²) in [6.45, 7) is -1.46. The van der Waals surface area contributed by atoms with Crippen molar-refractivity contribution in [3.05, 3.63) is 29.3 Å². The van der Waals surface area contributed by atoms with E-state index in [-0.39, 0.29) is 34.1 Å². The number of nitrogen functional groups attached to an aromatic ring is 2. The molecule has 4 aromatic rings. The van der Waals surface area contributed by atoms with Crippen LogP contribution in [0.15, 0.2) is 23.8 Å². The van der Waals surface area contributed by atoms with Crippen LogP contribution in [0.4, 0.5) is 11.8 Å². The van der Waals surface area contributed by atoms with Crippen molar-refractivity contribution < 1.29 is 56.3 Å². The molecular weight excluding hydrogens is 662 g/mol. The van der Waals surface area contributed by atoms with Gasteiger partial charge in [0.2, 0.25) is 5.95 Å². The van der Waals surface area contributed by atoms with Crippen LogP contribution in [-0.2, 0) is 41.2 Å². The summed E-state index contributed by atoms with van der Waals surface area (Å²) in [5, 5.41) is 22.5. The number of aliphatic hydroxyl groups is 2. The van der Waals surface area contributed by atoms with Gasteiger partial charge in [0.25, 0.3) is 5.56 Å². The van der Waals surface area contributed by atoms with Gasteiger partial charge < -0.3 is 36.0 Å². The fourth-order valence-corrected chi connectivity index (χ4v) is 7.51. The van der Waals surface area contributed by atoms with E-state index >= 15 is 0 Å². The number of hydrogen-bond acceptors (Lipinski definition) is 19. The Bertz CT molecular complexity index is 1950. The van der Waals surface area contributed by atoms with E-state index in [4.69, 9.17) is 43.6 Å². The van der Waals surface area contributed by atoms with Crippen LogP contribution in [0.1, 0.15) is 12.5 Å². The van der Waals surface area contributed by atoms with Crippen molar-refractivity contribution in [2.45, 2.75) is 49.1 Å². The highest BCUT2D eigenvalue weighted by atomic mass is 31.2. The summed E-state index contributed by atoms with van der Waals surface area (Å²) >= 11 is 0. The highest BCUT2D eigenvalue weighted by molar-refractivity contribution is 7.48. The normalized spacial score (nSPS) is 37.1. The molecule has 7 rings (SSSR count). The lowest BCUT2D eigenvalue weighted by Crippen LogP contribution is -2.39. The van der Waals surface area contributed by atoms with Gasteiger partial charge in [-0.3, -0.25) is 41.5 Å². The number of aliphatic hydroxyl groups excluding tert-OH is 2. The number of rotatable bonds is 3. The molecule has 0 spiro atoms. The maximum Gasteiger partial charge on any atom is 0.475 e. The summed E-state index contributed by atoms with van der Waals surface area (Å²) in [6.07, 6.45) is -8.44. The second-order valence-corrected chi connectivity index (χ2v) is 13.4. The minimum absolute atomic E-state index is 0.0606. The molecular formula is C21H26N10O13P2. The number of aromatic nitrogens is 8. The number of nitrogens with one attached hydrogen (secondary N) is 1. The Labute approximate surface area is 255 Å². The molecule has 3 aliphatic heterocycles. The highest BCUT2D eigenvalue weighted by Crippen LogP contribution is 2.55. The van der Waals surface area contributed by atoms with E-state index in [1.807, 2.05) is 0 Å². The lowest BCUT2D eigenvalue weighted by molar-refractivity contribution is -0.0674. The van der Waals surface area contributed by atoms with Crippen LogP contribution in [0.3, 0.4) is 0 Å². The van der Waals surface area contributed by atoms with Crippen molar-refractivity contribution in [1.29, 1.82) is 0 Å². The summed E-state index contributed by atoms with van der Waals surface area (Å²) in [4.78, 5) is 45.3. The molecule has 0 aliphatic carbocycles. The Morgan fingerprint density at radius 2 is 1.52 bits per heavy atom. The first-order valence-corrected chi connectivity index (χ1v) is 16.3. The summed E-state index contributed by atoms with van der Waals surface area (Å²) in [7, 11) is -8.56. The van der Waals surface area contributed by atoms with Crippen molar-refractivity contribution in [3.8, 4) is 0 Å². The van der Waals surface area contributed by atoms with Crippen LogP contribution < -0.4 is 17.0 Å². The van der Waals surface area contributed by atoms with Crippen molar-refractivity contribution >= 4 is 49.7 Å². The standard InChI is InChI=1S/C21H26N10O13P2/c1-38-46(37)40-3-8-13(11(32)20(42-8)31-6-27-10-17(31)28-21(23)29-18(10)34)43-45(35,36)39-2-7-14(44-46)12(33)19(41-7)30-5-26-9-15(22)24-4-25-16(9)30/h4-8,11-14,19-20,32-33H,2-3H2,1H3,(H,35,36)(H2,22,24,25)(H3,23,28,29,34)/t7-,8?,11-,12-,13-,14-,19-,20-,46?/m1/s1. The van der Waals surface area contributed by atoms with E-state index in [1.54, 1.807) is 0 Å². The van der Waals surface area contributed by atoms with Gasteiger partial charge in [-0.2, -0.15) is 4.98 Å². The molecule has 46 heavy (non-hydrogen) atoms. The van der Waals surface area contributed by atoms with E-state index in [1.165, 1.54) is 17.2 Å². The highest BCUT2D eigenvalue weighted by Gasteiger charge is 2.54. The van der Waals surface area contributed by atoms with Crippen molar-refractivity contribution in [2.75, 3.05) is 31.8 Å². The Morgan fingerprint density at radius 3 is 2.20 bits per heavy atom. The molecule has 23 nitrogen and oxygen atoms in total. The largest absolute Gasteiger partial charge is 0.475 e. The van der Waals surface area contributed by atoms with Crippen LogP contribution in [0.5, 0.6) is 0 Å². The lowest BCUT2D eigenvalue weighted by Gasteiger charge is -2.28. The lowest BCUT2D eigenvalue weighted by atomic mass is 10.1. The number of phosphoric ester groups is 2. The Balaban J connectivity index is 1.19. The van der Waals surface area contributed by atoms with E-state index in [0.29, 0.717) is 0 Å². The topological polar surface area (TPSA) is 319 Å². The zero-order chi connectivity index (χ0) is 32.5. The first-order valence-electron chi connectivity index (χ1n) is 13.3. The van der Waals surface area contributed by atoms with Gasteiger partial charge in [-0.05, 0) is 0 Å².